The minimum atomic E-state index is -4.95. The molecule has 1 unspecified atom stereocenters. The maximum absolute atomic E-state index is 13.0. The summed E-state index contributed by atoms with van der Waals surface area (Å²) in [5, 5.41) is 13.5. The van der Waals surface area contributed by atoms with Crippen LogP contribution in [0.25, 0.3) is 0 Å². The van der Waals surface area contributed by atoms with E-state index in [1.165, 1.54) is 18.7 Å². The molecule has 1 N–H and O–H groups in total. The zero-order chi connectivity index (χ0) is 16.4. The van der Waals surface area contributed by atoms with Crippen molar-refractivity contribution in [1.82, 2.24) is 5.01 Å². The van der Waals surface area contributed by atoms with Gasteiger partial charge in [0, 0.05) is 17.9 Å². The third kappa shape index (κ3) is 3.44. The highest BCUT2D eigenvalue weighted by Crippen LogP contribution is 2.40. The number of thioether (sulfide) groups is 1. The maximum atomic E-state index is 13.0. The molecule has 2 rings (SSSR count). The standard InChI is InChI=1S/C14H15F3N2O2S/c1-10-7-13(21,14(15,16)17)19(18-10)12(20)9-22-8-11-5-3-2-4-6-11/h2-6,21H,7-9H2,1H3. The molecule has 0 fully saturated rings. The van der Waals surface area contributed by atoms with Crippen LogP contribution in [0.2, 0.25) is 0 Å². The van der Waals surface area contributed by atoms with Crippen LogP contribution in [0.15, 0.2) is 35.4 Å². The highest BCUT2D eigenvalue weighted by atomic mass is 32.2. The molecule has 0 spiro atoms. The van der Waals surface area contributed by atoms with Gasteiger partial charge in [-0.15, -0.1) is 11.8 Å². The molecule has 0 bridgehead atoms. The Morgan fingerprint density at radius 1 is 1.41 bits per heavy atom. The highest BCUT2D eigenvalue weighted by Gasteiger charge is 2.62. The van der Waals surface area contributed by atoms with E-state index in [1.807, 2.05) is 30.3 Å². The van der Waals surface area contributed by atoms with Crippen LogP contribution in [-0.2, 0) is 10.5 Å². The molecule has 0 aromatic heterocycles. The van der Waals surface area contributed by atoms with Crippen molar-refractivity contribution >= 4 is 23.4 Å². The van der Waals surface area contributed by atoms with Crippen LogP contribution in [0.1, 0.15) is 18.9 Å². The predicted molar refractivity (Wildman–Crippen MR) is 78.2 cm³/mol. The van der Waals surface area contributed by atoms with Crippen molar-refractivity contribution in [3.8, 4) is 0 Å². The van der Waals surface area contributed by atoms with Crippen molar-refractivity contribution in [3.63, 3.8) is 0 Å². The minimum absolute atomic E-state index is 0.0706. The van der Waals surface area contributed by atoms with Gasteiger partial charge in [-0.25, -0.2) is 0 Å². The second kappa shape index (κ2) is 6.29. The Labute approximate surface area is 130 Å². The molecule has 1 aliphatic rings. The number of hydrogen-bond acceptors (Lipinski definition) is 4. The van der Waals surface area contributed by atoms with Crippen LogP contribution in [0, 0.1) is 0 Å². The maximum Gasteiger partial charge on any atom is 0.438 e. The zero-order valence-electron chi connectivity index (χ0n) is 11.8. The van der Waals surface area contributed by atoms with Crippen LogP contribution in [0.4, 0.5) is 13.2 Å². The first kappa shape index (κ1) is 16.8. The van der Waals surface area contributed by atoms with Gasteiger partial charge in [-0.05, 0) is 12.5 Å². The minimum Gasteiger partial charge on any atom is -0.362 e. The molecule has 0 aliphatic carbocycles. The third-order valence-electron chi connectivity index (χ3n) is 3.15. The molecule has 0 saturated heterocycles. The Balaban J connectivity index is 1.99. The summed E-state index contributed by atoms with van der Waals surface area (Å²) in [6, 6.07) is 9.26. The fourth-order valence-electron chi connectivity index (χ4n) is 2.09. The fourth-order valence-corrected chi connectivity index (χ4v) is 2.92. The Kier molecular flexibility index (Phi) is 4.81. The summed E-state index contributed by atoms with van der Waals surface area (Å²) in [5.74, 6) is -0.560. The largest absolute Gasteiger partial charge is 0.438 e. The summed E-state index contributed by atoms with van der Waals surface area (Å²) in [5.41, 5.74) is -2.20. The number of hydrazone groups is 1. The molecule has 1 aliphatic heterocycles. The molecule has 22 heavy (non-hydrogen) atoms. The zero-order valence-corrected chi connectivity index (χ0v) is 12.6. The van der Waals surface area contributed by atoms with E-state index in [4.69, 9.17) is 0 Å². The van der Waals surface area contributed by atoms with Gasteiger partial charge < -0.3 is 5.11 Å². The second-order valence-electron chi connectivity index (χ2n) is 5.01. The lowest BCUT2D eigenvalue weighted by atomic mass is 10.1. The SMILES string of the molecule is CC1=NN(C(=O)CSCc2ccccc2)C(O)(C(F)(F)F)C1. The summed E-state index contributed by atoms with van der Waals surface area (Å²) in [6.45, 7) is 1.35. The summed E-state index contributed by atoms with van der Waals surface area (Å²) in [4.78, 5) is 12.0. The van der Waals surface area contributed by atoms with E-state index < -0.39 is 24.2 Å². The number of amides is 1. The molecule has 8 heteroatoms. The van der Waals surface area contributed by atoms with Crippen LogP contribution in [0.5, 0.6) is 0 Å². The molecule has 0 saturated carbocycles. The van der Waals surface area contributed by atoms with Gasteiger partial charge in [0.05, 0.1) is 5.75 Å². The van der Waals surface area contributed by atoms with Gasteiger partial charge in [0.25, 0.3) is 11.6 Å². The van der Waals surface area contributed by atoms with Gasteiger partial charge in [0.1, 0.15) is 0 Å². The van der Waals surface area contributed by atoms with E-state index in [-0.39, 0.29) is 16.5 Å². The number of halogens is 3. The van der Waals surface area contributed by atoms with Crippen LogP contribution >= 0.6 is 11.8 Å². The number of hydrogen-bond donors (Lipinski definition) is 1. The first-order chi connectivity index (χ1) is 10.2. The number of carbonyl (C=O) groups is 1. The molecule has 1 aromatic rings. The first-order valence-corrected chi connectivity index (χ1v) is 7.67. The smallest absolute Gasteiger partial charge is 0.362 e. The number of carbonyl (C=O) groups excluding carboxylic acids is 1. The lowest BCUT2D eigenvalue weighted by Crippen LogP contribution is -2.57. The molecule has 1 atom stereocenters. The van der Waals surface area contributed by atoms with Gasteiger partial charge in [0.15, 0.2) is 0 Å². The predicted octanol–water partition coefficient (Wildman–Crippen LogP) is 2.78. The molecular formula is C14H15F3N2O2S. The Bertz CT molecular complexity index is 577. The van der Waals surface area contributed by atoms with E-state index in [9.17, 15) is 23.1 Å². The fraction of sp³-hybridized carbons (Fsp3) is 0.429. The molecular weight excluding hydrogens is 317 g/mol. The van der Waals surface area contributed by atoms with E-state index >= 15 is 0 Å². The number of benzene rings is 1. The number of alkyl halides is 3. The van der Waals surface area contributed by atoms with Gasteiger partial charge in [-0.2, -0.15) is 23.3 Å². The van der Waals surface area contributed by atoms with E-state index in [1.54, 1.807) is 0 Å². The Hall–Kier alpha value is -1.54. The summed E-state index contributed by atoms with van der Waals surface area (Å²) in [7, 11) is 0. The monoisotopic (exact) mass is 332 g/mol. The van der Waals surface area contributed by atoms with Crippen molar-refractivity contribution < 1.29 is 23.1 Å². The highest BCUT2D eigenvalue weighted by molar-refractivity contribution is 7.99. The van der Waals surface area contributed by atoms with Crippen LogP contribution in [0.3, 0.4) is 0 Å². The van der Waals surface area contributed by atoms with Crippen molar-refractivity contribution in [2.24, 2.45) is 5.10 Å². The van der Waals surface area contributed by atoms with Crippen LogP contribution < -0.4 is 0 Å². The van der Waals surface area contributed by atoms with E-state index in [0.717, 1.165) is 5.56 Å². The summed E-state index contributed by atoms with van der Waals surface area (Å²) < 4.78 is 39.0. The summed E-state index contributed by atoms with van der Waals surface area (Å²) in [6.07, 6.45) is -5.67. The lowest BCUT2D eigenvalue weighted by molar-refractivity contribution is -0.301. The molecule has 1 heterocycles. The average Bonchev–Trinajstić information content (AvgIpc) is 2.76. The van der Waals surface area contributed by atoms with E-state index in [0.29, 0.717) is 5.75 Å². The number of aliphatic hydroxyl groups is 1. The first-order valence-electron chi connectivity index (χ1n) is 6.52. The van der Waals surface area contributed by atoms with Crippen LogP contribution in [-0.4, -0.2) is 39.4 Å². The van der Waals surface area contributed by atoms with Gasteiger partial charge in [-0.3, -0.25) is 4.79 Å². The van der Waals surface area contributed by atoms with Gasteiger partial charge in [0.2, 0.25) is 0 Å². The molecule has 0 radical (unpaired) electrons. The quantitative estimate of drug-likeness (QED) is 0.922. The van der Waals surface area contributed by atoms with Crippen molar-refractivity contribution in [2.45, 2.75) is 31.0 Å². The van der Waals surface area contributed by atoms with E-state index in [2.05, 4.69) is 5.10 Å². The average molecular weight is 332 g/mol. The third-order valence-corrected chi connectivity index (χ3v) is 4.14. The molecule has 4 nitrogen and oxygen atoms in total. The topological polar surface area (TPSA) is 52.9 Å². The second-order valence-corrected chi connectivity index (χ2v) is 6.00. The van der Waals surface area contributed by atoms with Crippen molar-refractivity contribution in [1.29, 1.82) is 0 Å². The Morgan fingerprint density at radius 2 is 2.05 bits per heavy atom. The van der Waals surface area contributed by atoms with Crippen molar-refractivity contribution in [2.75, 3.05) is 5.75 Å². The molecule has 1 aromatic carbocycles. The molecule has 1 amide bonds. The van der Waals surface area contributed by atoms with Gasteiger partial charge >= 0.3 is 6.18 Å². The van der Waals surface area contributed by atoms with Gasteiger partial charge in [-0.1, -0.05) is 30.3 Å². The summed E-state index contributed by atoms with van der Waals surface area (Å²) >= 11 is 1.17. The number of nitrogens with zero attached hydrogens (tertiary/aromatic N) is 2. The lowest BCUT2D eigenvalue weighted by Gasteiger charge is -2.32. The normalized spacial score (nSPS) is 21.9. The molecule has 120 valence electrons. The Morgan fingerprint density at radius 3 is 2.64 bits per heavy atom. The van der Waals surface area contributed by atoms with Crippen molar-refractivity contribution in [3.05, 3.63) is 35.9 Å². The number of rotatable bonds is 4.